The number of halogens is 1. The van der Waals surface area contributed by atoms with Gasteiger partial charge in [-0.25, -0.2) is 4.39 Å². The van der Waals surface area contributed by atoms with Gasteiger partial charge in [0.25, 0.3) is 0 Å². The Morgan fingerprint density at radius 3 is 3.05 bits per heavy atom. The van der Waals surface area contributed by atoms with Crippen molar-refractivity contribution in [2.75, 3.05) is 32.7 Å². The number of rotatable bonds is 4. The van der Waals surface area contributed by atoms with Gasteiger partial charge in [0.05, 0.1) is 0 Å². The molecule has 2 nitrogen and oxygen atoms in total. The quantitative estimate of drug-likeness (QED) is 0.897. The molecule has 104 valence electrons. The van der Waals surface area contributed by atoms with Gasteiger partial charge in [0.2, 0.25) is 0 Å². The molecule has 1 aliphatic rings. The van der Waals surface area contributed by atoms with Crippen molar-refractivity contribution < 1.29 is 4.39 Å². The fourth-order valence-corrected chi connectivity index (χ4v) is 2.37. The molecule has 0 unspecified atom stereocenters. The van der Waals surface area contributed by atoms with Crippen LogP contribution >= 0.6 is 0 Å². The summed E-state index contributed by atoms with van der Waals surface area (Å²) in [5.74, 6) is -0.130. The third-order valence-corrected chi connectivity index (χ3v) is 3.54. The Hall–Kier alpha value is -1.19. The molecule has 0 spiro atoms. The molecule has 1 fully saturated rings. The zero-order valence-corrected chi connectivity index (χ0v) is 11.7. The molecule has 1 aliphatic heterocycles. The molecule has 0 radical (unpaired) electrons. The Kier molecular flexibility index (Phi) is 5.55. The van der Waals surface area contributed by atoms with E-state index >= 15 is 0 Å². The number of hydrogen-bond acceptors (Lipinski definition) is 2. The summed E-state index contributed by atoms with van der Waals surface area (Å²) in [6.45, 7) is 7.48. The Labute approximate surface area is 115 Å². The van der Waals surface area contributed by atoms with Crippen molar-refractivity contribution in [2.24, 2.45) is 0 Å². The van der Waals surface area contributed by atoms with Crippen molar-refractivity contribution in [3.05, 3.63) is 41.2 Å². The van der Waals surface area contributed by atoms with E-state index in [0.717, 1.165) is 38.2 Å². The summed E-state index contributed by atoms with van der Waals surface area (Å²) in [7, 11) is 0. The van der Waals surface area contributed by atoms with E-state index in [0.29, 0.717) is 5.56 Å². The molecule has 1 heterocycles. The summed E-state index contributed by atoms with van der Waals surface area (Å²) >= 11 is 0. The molecule has 0 atom stereocenters. The maximum atomic E-state index is 13.1. The largest absolute Gasteiger partial charge is 0.315 e. The van der Waals surface area contributed by atoms with Crippen LogP contribution in [-0.2, 0) is 0 Å². The van der Waals surface area contributed by atoms with E-state index < -0.39 is 0 Å². The van der Waals surface area contributed by atoms with Crippen molar-refractivity contribution in [3.8, 4) is 0 Å². The van der Waals surface area contributed by atoms with Crippen molar-refractivity contribution in [1.29, 1.82) is 0 Å². The molecule has 0 saturated carbocycles. The highest BCUT2D eigenvalue weighted by molar-refractivity contribution is 5.50. The third kappa shape index (κ3) is 4.77. The minimum atomic E-state index is -0.130. The maximum absolute atomic E-state index is 13.1. The van der Waals surface area contributed by atoms with Gasteiger partial charge in [0.1, 0.15) is 5.82 Å². The predicted molar refractivity (Wildman–Crippen MR) is 78.7 cm³/mol. The van der Waals surface area contributed by atoms with E-state index in [1.807, 2.05) is 12.1 Å². The van der Waals surface area contributed by atoms with Gasteiger partial charge in [-0.2, -0.15) is 0 Å². The highest BCUT2D eigenvalue weighted by Crippen LogP contribution is 2.11. The molecule has 19 heavy (non-hydrogen) atoms. The second kappa shape index (κ2) is 7.41. The summed E-state index contributed by atoms with van der Waals surface area (Å²) in [5.41, 5.74) is 1.79. The smallest absolute Gasteiger partial charge is 0.126 e. The lowest BCUT2D eigenvalue weighted by molar-refractivity contribution is 0.298. The average Bonchev–Trinajstić information content (AvgIpc) is 2.67. The number of aryl methyl sites for hydroxylation is 1. The predicted octanol–water partition coefficient (Wildman–Crippen LogP) is 2.83. The fourth-order valence-electron chi connectivity index (χ4n) is 2.37. The third-order valence-electron chi connectivity index (χ3n) is 3.54. The maximum Gasteiger partial charge on any atom is 0.126 e. The first kappa shape index (κ1) is 14.2. The van der Waals surface area contributed by atoms with E-state index in [9.17, 15) is 4.39 Å². The molecule has 0 aromatic heterocycles. The highest BCUT2D eigenvalue weighted by Gasteiger charge is 2.06. The van der Waals surface area contributed by atoms with Gasteiger partial charge in [0, 0.05) is 19.6 Å². The summed E-state index contributed by atoms with van der Waals surface area (Å²) in [6, 6.07) is 5.26. The van der Waals surface area contributed by atoms with E-state index in [-0.39, 0.29) is 5.82 Å². The van der Waals surface area contributed by atoms with Crippen molar-refractivity contribution in [2.45, 2.75) is 19.8 Å². The van der Waals surface area contributed by atoms with Crippen molar-refractivity contribution in [1.82, 2.24) is 10.2 Å². The van der Waals surface area contributed by atoms with Crippen LogP contribution < -0.4 is 5.32 Å². The van der Waals surface area contributed by atoms with Crippen LogP contribution in [0.3, 0.4) is 0 Å². The lowest BCUT2D eigenvalue weighted by atomic mass is 10.1. The van der Waals surface area contributed by atoms with Crippen molar-refractivity contribution in [3.63, 3.8) is 0 Å². The molecule has 2 rings (SSSR count). The van der Waals surface area contributed by atoms with Crippen LogP contribution in [0.15, 0.2) is 24.3 Å². The Morgan fingerprint density at radius 2 is 2.21 bits per heavy atom. The highest BCUT2D eigenvalue weighted by atomic mass is 19.1. The van der Waals surface area contributed by atoms with Crippen LogP contribution in [-0.4, -0.2) is 37.6 Å². The van der Waals surface area contributed by atoms with E-state index in [2.05, 4.69) is 22.4 Å². The Bertz CT molecular complexity index is 421. The van der Waals surface area contributed by atoms with Crippen LogP contribution in [0.25, 0.3) is 6.08 Å². The van der Waals surface area contributed by atoms with Gasteiger partial charge in [-0.1, -0.05) is 18.2 Å². The molecular weight excluding hydrogens is 239 g/mol. The molecule has 3 heteroatoms. The molecule has 1 saturated heterocycles. The standard InChI is InChI=1S/C16H23FN2/c1-14-13-15(6-7-16(14)17)5-2-3-10-19-11-4-8-18-9-12-19/h2,5-7,13,18H,3-4,8-12H2,1H3/b5-2+. The minimum absolute atomic E-state index is 0.130. The number of nitrogens with zero attached hydrogens (tertiary/aromatic N) is 1. The second-order valence-corrected chi connectivity index (χ2v) is 5.14. The Balaban J connectivity index is 1.77. The normalized spacial score (nSPS) is 17.8. The van der Waals surface area contributed by atoms with Gasteiger partial charge in [-0.15, -0.1) is 0 Å². The summed E-state index contributed by atoms with van der Waals surface area (Å²) in [5, 5.41) is 3.41. The number of nitrogens with one attached hydrogen (secondary N) is 1. The SMILES string of the molecule is Cc1cc(/C=C/CCN2CCCNCC2)ccc1F. The van der Waals surface area contributed by atoms with Crippen LogP contribution in [0.4, 0.5) is 4.39 Å². The topological polar surface area (TPSA) is 15.3 Å². The van der Waals surface area contributed by atoms with E-state index in [1.165, 1.54) is 19.0 Å². The molecule has 1 N–H and O–H groups in total. The van der Waals surface area contributed by atoms with E-state index in [1.54, 1.807) is 6.92 Å². The average molecular weight is 262 g/mol. The lowest BCUT2D eigenvalue weighted by Gasteiger charge is -2.17. The van der Waals surface area contributed by atoms with Gasteiger partial charge in [-0.05, 0) is 56.1 Å². The van der Waals surface area contributed by atoms with Gasteiger partial charge < -0.3 is 10.2 Å². The first-order valence-corrected chi connectivity index (χ1v) is 7.11. The lowest BCUT2D eigenvalue weighted by Crippen LogP contribution is -2.28. The van der Waals surface area contributed by atoms with Gasteiger partial charge >= 0.3 is 0 Å². The zero-order chi connectivity index (χ0) is 13.5. The number of benzene rings is 1. The first-order chi connectivity index (χ1) is 9.25. The monoisotopic (exact) mass is 262 g/mol. The first-order valence-electron chi connectivity index (χ1n) is 7.11. The molecule has 1 aromatic carbocycles. The Morgan fingerprint density at radius 1 is 1.32 bits per heavy atom. The molecule has 0 aliphatic carbocycles. The van der Waals surface area contributed by atoms with Crippen LogP contribution in [0.2, 0.25) is 0 Å². The fraction of sp³-hybridized carbons (Fsp3) is 0.500. The van der Waals surface area contributed by atoms with Gasteiger partial charge in [0.15, 0.2) is 0 Å². The van der Waals surface area contributed by atoms with Crippen molar-refractivity contribution >= 4 is 6.08 Å². The second-order valence-electron chi connectivity index (χ2n) is 5.14. The molecular formula is C16H23FN2. The molecule has 0 bridgehead atoms. The molecule has 1 aromatic rings. The summed E-state index contributed by atoms with van der Waals surface area (Å²) in [6.07, 6.45) is 6.56. The van der Waals surface area contributed by atoms with Crippen LogP contribution in [0.1, 0.15) is 24.0 Å². The number of hydrogen-bond donors (Lipinski definition) is 1. The van der Waals surface area contributed by atoms with Crippen LogP contribution in [0.5, 0.6) is 0 Å². The minimum Gasteiger partial charge on any atom is -0.315 e. The summed E-state index contributed by atoms with van der Waals surface area (Å²) < 4.78 is 13.1. The van der Waals surface area contributed by atoms with Crippen LogP contribution in [0, 0.1) is 12.7 Å². The van der Waals surface area contributed by atoms with Gasteiger partial charge in [-0.3, -0.25) is 0 Å². The summed E-state index contributed by atoms with van der Waals surface area (Å²) in [4.78, 5) is 2.50. The van der Waals surface area contributed by atoms with E-state index in [4.69, 9.17) is 0 Å². The molecule has 0 amide bonds. The zero-order valence-electron chi connectivity index (χ0n) is 11.7.